The summed E-state index contributed by atoms with van der Waals surface area (Å²) < 4.78 is 25.4. The number of nitrogens with zero attached hydrogens (tertiary/aromatic N) is 2. The van der Waals surface area contributed by atoms with Gasteiger partial charge in [-0.3, -0.25) is 9.48 Å². The van der Waals surface area contributed by atoms with Gasteiger partial charge in [-0.15, -0.1) is 0 Å². The molecule has 1 aromatic heterocycles. The molecule has 1 aliphatic carbocycles. The first-order valence-electron chi connectivity index (χ1n) is 6.87. The number of hydrogen-bond donors (Lipinski definition) is 1. The number of carbonyl (C=O) groups is 1. The van der Waals surface area contributed by atoms with Crippen molar-refractivity contribution >= 4 is 15.7 Å². The second-order valence-electron chi connectivity index (χ2n) is 6.21. The number of aromatic nitrogens is 2. The molecule has 0 aromatic carbocycles. The molecule has 2 aliphatic rings. The molecule has 7 heteroatoms. The van der Waals surface area contributed by atoms with Crippen molar-refractivity contribution in [3.63, 3.8) is 0 Å². The molecule has 1 fully saturated rings. The molecule has 3 rings (SSSR count). The average molecular weight is 297 g/mol. The summed E-state index contributed by atoms with van der Waals surface area (Å²) in [4.78, 5) is 11.4. The number of rotatable bonds is 2. The van der Waals surface area contributed by atoms with Gasteiger partial charge in [0.15, 0.2) is 9.84 Å². The summed E-state index contributed by atoms with van der Waals surface area (Å²) in [5.74, 6) is -0.126. The fraction of sp³-hybridized carbons (Fsp3) is 0.692. The Morgan fingerprint density at radius 3 is 2.90 bits per heavy atom. The first-order valence-corrected chi connectivity index (χ1v) is 8.69. The summed E-state index contributed by atoms with van der Waals surface area (Å²) in [5.41, 5.74) is 7.02. The maximum Gasteiger partial charge on any atom is 0.220 e. The highest BCUT2D eigenvalue weighted by molar-refractivity contribution is 7.91. The van der Waals surface area contributed by atoms with Crippen molar-refractivity contribution in [2.24, 2.45) is 11.7 Å². The molecule has 1 unspecified atom stereocenters. The van der Waals surface area contributed by atoms with E-state index in [0.29, 0.717) is 12.8 Å². The molecule has 1 saturated heterocycles. The van der Waals surface area contributed by atoms with Crippen LogP contribution in [0, 0.1) is 5.92 Å². The fourth-order valence-electron chi connectivity index (χ4n) is 3.37. The zero-order chi connectivity index (χ0) is 14.5. The fourth-order valence-corrected chi connectivity index (χ4v) is 5.48. The van der Waals surface area contributed by atoms with E-state index >= 15 is 0 Å². The lowest BCUT2D eigenvalue weighted by Gasteiger charge is -2.28. The zero-order valence-corrected chi connectivity index (χ0v) is 12.3. The minimum Gasteiger partial charge on any atom is -0.369 e. The second-order valence-corrected chi connectivity index (χ2v) is 8.39. The smallest absolute Gasteiger partial charge is 0.220 e. The number of nitrogens with two attached hydrogens (primary N) is 1. The van der Waals surface area contributed by atoms with Crippen LogP contribution < -0.4 is 5.73 Å². The van der Waals surface area contributed by atoms with Crippen LogP contribution in [0.15, 0.2) is 6.20 Å². The van der Waals surface area contributed by atoms with Gasteiger partial charge in [-0.05, 0) is 31.7 Å². The van der Waals surface area contributed by atoms with E-state index in [1.807, 2.05) is 17.8 Å². The van der Waals surface area contributed by atoms with E-state index in [1.54, 1.807) is 0 Å². The summed E-state index contributed by atoms with van der Waals surface area (Å²) in [7, 11) is -2.99. The van der Waals surface area contributed by atoms with Crippen LogP contribution in [-0.4, -0.2) is 35.6 Å². The standard InChI is InChI=1S/C13H19N3O3S/c1-13(4-5-20(18,19)8-13)16-11-6-9(12(14)17)2-3-10(11)7-15-16/h7,9H,2-6,8H2,1H3,(H2,14,17)/t9?,13-/m1/s1. The Morgan fingerprint density at radius 2 is 2.30 bits per heavy atom. The number of hydrogen-bond acceptors (Lipinski definition) is 4. The van der Waals surface area contributed by atoms with Crippen molar-refractivity contribution < 1.29 is 13.2 Å². The van der Waals surface area contributed by atoms with E-state index < -0.39 is 15.4 Å². The largest absolute Gasteiger partial charge is 0.369 e. The van der Waals surface area contributed by atoms with Crippen molar-refractivity contribution in [1.82, 2.24) is 9.78 Å². The predicted molar refractivity (Wildman–Crippen MR) is 73.9 cm³/mol. The molecule has 2 N–H and O–H groups in total. The van der Waals surface area contributed by atoms with E-state index in [1.165, 1.54) is 0 Å². The van der Waals surface area contributed by atoms with Gasteiger partial charge in [-0.25, -0.2) is 8.42 Å². The highest BCUT2D eigenvalue weighted by Gasteiger charge is 2.42. The van der Waals surface area contributed by atoms with Crippen molar-refractivity contribution in [3.05, 3.63) is 17.5 Å². The third kappa shape index (κ3) is 2.13. The van der Waals surface area contributed by atoms with Crippen LogP contribution in [0.2, 0.25) is 0 Å². The minimum absolute atomic E-state index is 0.120. The molecule has 0 radical (unpaired) electrons. The topological polar surface area (TPSA) is 95.1 Å². The van der Waals surface area contributed by atoms with Gasteiger partial charge in [-0.2, -0.15) is 5.10 Å². The van der Waals surface area contributed by atoms with Crippen LogP contribution >= 0.6 is 0 Å². The normalized spacial score (nSPS) is 31.9. The van der Waals surface area contributed by atoms with Gasteiger partial charge >= 0.3 is 0 Å². The lowest BCUT2D eigenvalue weighted by molar-refractivity contribution is -0.122. The third-order valence-electron chi connectivity index (χ3n) is 4.55. The van der Waals surface area contributed by atoms with Crippen molar-refractivity contribution in [2.75, 3.05) is 11.5 Å². The van der Waals surface area contributed by atoms with Crippen LogP contribution in [0.5, 0.6) is 0 Å². The number of carbonyl (C=O) groups excluding carboxylic acids is 1. The van der Waals surface area contributed by atoms with Crippen LogP contribution in [0.1, 0.15) is 31.0 Å². The summed E-state index contributed by atoms with van der Waals surface area (Å²) >= 11 is 0. The molecule has 2 heterocycles. The monoisotopic (exact) mass is 297 g/mol. The van der Waals surface area contributed by atoms with Crippen LogP contribution in [0.3, 0.4) is 0 Å². The molecule has 1 aromatic rings. The maximum atomic E-state index is 11.8. The van der Waals surface area contributed by atoms with Crippen molar-refractivity contribution in [1.29, 1.82) is 0 Å². The highest BCUT2D eigenvalue weighted by atomic mass is 32.2. The Bertz CT molecular complexity index is 664. The van der Waals surface area contributed by atoms with Gasteiger partial charge in [-0.1, -0.05) is 0 Å². The van der Waals surface area contributed by atoms with E-state index in [0.717, 1.165) is 24.1 Å². The first-order chi connectivity index (χ1) is 9.31. The molecule has 0 saturated carbocycles. The Kier molecular flexibility index (Phi) is 2.93. The van der Waals surface area contributed by atoms with Gasteiger partial charge in [0.05, 0.1) is 23.2 Å². The molecule has 6 nitrogen and oxygen atoms in total. The summed E-state index contributed by atoms with van der Waals surface area (Å²) in [6.45, 7) is 1.93. The number of aryl methyl sites for hydroxylation is 1. The van der Waals surface area contributed by atoms with Gasteiger partial charge in [0, 0.05) is 18.0 Å². The summed E-state index contributed by atoms with van der Waals surface area (Å²) in [5, 5.41) is 4.41. The predicted octanol–water partition coefficient (Wildman–Crippen LogP) is 0.00700. The molecular formula is C13H19N3O3S. The lowest BCUT2D eigenvalue weighted by atomic mass is 9.87. The first kappa shape index (κ1) is 13.6. The van der Waals surface area contributed by atoms with Gasteiger partial charge in [0.25, 0.3) is 0 Å². The molecule has 2 atom stereocenters. The lowest BCUT2D eigenvalue weighted by Crippen LogP contribution is -2.36. The summed E-state index contributed by atoms with van der Waals surface area (Å²) in [6.07, 6.45) is 4.49. The number of amides is 1. The molecule has 1 amide bonds. The SMILES string of the molecule is C[C@@]1(n2ncc3c2CC(C(N)=O)CC3)CCS(=O)(=O)C1. The van der Waals surface area contributed by atoms with Crippen LogP contribution in [0.4, 0.5) is 0 Å². The van der Waals surface area contributed by atoms with Gasteiger partial charge in [0.1, 0.15) is 0 Å². The minimum atomic E-state index is -2.99. The molecule has 110 valence electrons. The van der Waals surface area contributed by atoms with E-state index in [4.69, 9.17) is 5.73 Å². The Hall–Kier alpha value is -1.37. The number of primary amides is 1. The van der Waals surface area contributed by atoms with Crippen LogP contribution in [0.25, 0.3) is 0 Å². The van der Waals surface area contributed by atoms with Crippen molar-refractivity contribution in [2.45, 2.75) is 38.1 Å². The van der Waals surface area contributed by atoms with E-state index in [2.05, 4.69) is 5.10 Å². The number of sulfone groups is 1. The van der Waals surface area contributed by atoms with E-state index in [-0.39, 0.29) is 23.3 Å². The third-order valence-corrected chi connectivity index (χ3v) is 6.44. The Morgan fingerprint density at radius 1 is 1.55 bits per heavy atom. The van der Waals surface area contributed by atoms with Crippen molar-refractivity contribution in [3.8, 4) is 0 Å². The second kappa shape index (κ2) is 4.31. The maximum absolute atomic E-state index is 11.8. The molecule has 20 heavy (non-hydrogen) atoms. The highest BCUT2D eigenvalue weighted by Crippen LogP contribution is 2.35. The molecule has 0 spiro atoms. The average Bonchev–Trinajstić information content (AvgIpc) is 2.90. The van der Waals surface area contributed by atoms with Crippen LogP contribution in [-0.2, 0) is 33.0 Å². The number of fused-ring (bicyclic) bond motifs is 1. The van der Waals surface area contributed by atoms with Gasteiger partial charge < -0.3 is 5.73 Å². The zero-order valence-electron chi connectivity index (χ0n) is 11.5. The Labute approximate surface area is 118 Å². The summed E-state index contributed by atoms with van der Waals surface area (Å²) in [6, 6.07) is 0. The Balaban J connectivity index is 1.97. The molecular weight excluding hydrogens is 278 g/mol. The van der Waals surface area contributed by atoms with E-state index in [9.17, 15) is 13.2 Å². The molecule has 1 aliphatic heterocycles. The quantitative estimate of drug-likeness (QED) is 0.831. The van der Waals surface area contributed by atoms with Gasteiger partial charge in [0.2, 0.25) is 5.91 Å². The molecule has 0 bridgehead atoms.